The summed E-state index contributed by atoms with van der Waals surface area (Å²) in [7, 11) is 0. The molecule has 1 aliphatic rings. The predicted octanol–water partition coefficient (Wildman–Crippen LogP) is 1.19. The second kappa shape index (κ2) is 5.77. The summed E-state index contributed by atoms with van der Waals surface area (Å²) in [6.07, 6.45) is 6.86. The van der Waals surface area contributed by atoms with Gasteiger partial charge in [0.1, 0.15) is 0 Å². The first-order valence-corrected chi connectivity index (χ1v) is 6.19. The largest absolute Gasteiger partial charge is 0.352 e. The summed E-state index contributed by atoms with van der Waals surface area (Å²) in [4.78, 5) is 15.7. The van der Waals surface area contributed by atoms with E-state index >= 15 is 0 Å². The molecule has 1 aromatic rings. The van der Waals surface area contributed by atoms with Crippen LogP contribution in [0.4, 0.5) is 0 Å². The molecule has 4 heteroatoms. The van der Waals surface area contributed by atoms with Crippen molar-refractivity contribution in [3.63, 3.8) is 0 Å². The molecule has 1 saturated carbocycles. The molecule has 1 fully saturated rings. The van der Waals surface area contributed by atoms with E-state index in [9.17, 15) is 4.79 Å². The Balaban J connectivity index is 1.84. The highest BCUT2D eigenvalue weighted by molar-refractivity contribution is 5.93. The van der Waals surface area contributed by atoms with E-state index in [1.54, 1.807) is 24.5 Å². The van der Waals surface area contributed by atoms with Crippen molar-refractivity contribution in [3.05, 3.63) is 30.1 Å². The van der Waals surface area contributed by atoms with Crippen molar-refractivity contribution in [2.45, 2.75) is 19.3 Å². The van der Waals surface area contributed by atoms with Gasteiger partial charge in [-0.15, -0.1) is 0 Å². The first kappa shape index (κ1) is 12.0. The van der Waals surface area contributed by atoms with Crippen LogP contribution in [0, 0.1) is 11.8 Å². The first-order chi connectivity index (χ1) is 8.31. The van der Waals surface area contributed by atoms with Gasteiger partial charge in [0, 0.05) is 18.9 Å². The Bertz CT molecular complexity index is 366. The Kier molecular flexibility index (Phi) is 4.09. The van der Waals surface area contributed by atoms with E-state index in [0.29, 0.717) is 17.4 Å². The number of aromatic nitrogens is 1. The lowest BCUT2D eigenvalue weighted by Gasteiger charge is -2.18. The second-order valence-electron chi connectivity index (χ2n) is 4.64. The Morgan fingerprint density at radius 2 is 2.29 bits per heavy atom. The van der Waals surface area contributed by atoms with Crippen LogP contribution < -0.4 is 11.1 Å². The van der Waals surface area contributed by atoms with Crippen LogP contribution in [0.5, 0.6) is 0 Å². The monoisotopic (exact) mass is 233 g/mol. The molecule has 4 nitrogen and oxygen atoms in total. The Morgan fingerprint density at radius 1 is 1.47 bits per heavy atom. The van der Waals surface area contributed by atoms with Crippen LogP contribution in [0.2, 0.25) is 0 Å². The minimum absolute atomic E-state index is 0.0410. The van der Waals surface area contributed by atoms with Gasteiger partial charge in [-0.2, -0.15) is 0 Å². The lowest BCUT2D eigenvalue weighted by atomic mass is 9.96. The molecule has 1 heterocycles. The number of pyridine rings is 1. The van der Waals surface area contributed by atoms with E-state index in [0.717, 1.165) is 13.1 Å². The van der Waals surface area contributed by atoms with Gasteiger partial charge in [0.05, 0.1) is 5.56 Å². The fourth-order valence-corrected chi connectivity index (χ4v) is 2.52. The summed E-state index contributed by atoms with van der Waals surface area (Å²) in [5, 5.41) is 2.97. The summed E-state index contributed by atoms with van der Waals surface area (Å²) >= 11 is 0. The highest BCUT2D eigenvalue weighted by Gasteiger charge is 2.26. The fraction of sp³-hybridized carbons (Fsp3) is 0.538. The molecule has 1 amide bonds. The minimum Gasteiger partial charge on any atom is -0.352 e. The molecule has 2 unspecified atom stereocenters. The molecule has 0 aromatic carbocycles. The van der Waals surface area contributed by atoms with Crippen LogP contribution in [-0.4, -0.2) is 24.0 Å². The molecule has 0 aliphatic heterocycles. The zero-order valence-electron chi connectivity index (χ0n) is 9.93. The Labute approximate surface area is 102 Å². The van der Waals surface area contributed by atoms with Crippen LogP contribution >= 0.6 is 0 Å². The van der Waals surface area contributed by atoms with Gasteiger partial charge in [-0.25, -0.2) is 0 Å². The molecule has 2 atom stereocenters. The lowest BCUT2D eigenvalue weighted by Crippen LogP contribution is -2.32. The van der Waals surface area contributed by atoms with Gasteiger partial charge in [0.15, 0.2) is 0 Å². The maximum absolute atomic E-state index is 11.8. The van der Waals surface area contributed by atoms with Crippen LogP contribution in [0.3, 0.4) is 0 Å². The summed E-state index contributed by atoms with van der Waals surface area (Å²) in [6, 6.07) is 3.55. The summed E-state index contributed by atoms with van der Waals surface area (Å²) in [5.74, 6) is 1.07. The van der Waals surface area contributed by atoms with Gasteiger partial charge in [-0.1, -0.05) is 6.42 Å². The quantitative estimate of drug-likeness (QED) is 0.820. The number of amides is 1. The predicted molar refractivity (Wildman–Crippen MR) is 66.5 cm³/mol. The van der Waals surface area contributed by atoms with Crippen molar-refractivity contribution >= 4 is 5.91 Å². The summed E-state index contributed by atoms with van der Waals surface area (Å²) in [5.41, 5.74) is 6.34. The normalized spacial score (nSPS) is 23.6. The smallest absolute Gasteiger partial charge is 0.252 e. The van der Waals surface area contributed by atoms with E-state index in [-0.39, 0.29) is 5.91 Å². The third-order valence-corrected chi connectivity index (χ3v) is 3.57. The van der Waals surface area contributed by atoms with Gasteiger partial charge in [-0.05, 0) is 43.4 Å². The second-order valence-corrected chi connectivity index (χ2v) is 4.64. The Hall–Kier alpha value is -1.42. The van der Waals surface area contributed by atoms with E-state index in [1.807, 2.05) is 0 Å². The number of hydrogen-bond acceptors (Lipinski definition) is 3. The van der Waals surface area contributed by atoms with Gasteiger partial charge in [0.2, 0.25) is 0 Å². The zero-order chi connectivity index (χ0) is 12.1. The van der Waals surface area contributed by atoms with Crippen molar-refractivity contribution in [1.29, 1.82) is 0 Å². The van der Waals surface area contributed by atoms with Gasteiger partial charge >= 0.3 is 0 Å². The number of nitrogens with two attached hydrogens (primary N) is 1. The van der Waals surface area contributed by atoms with E-state index in [2.05, 4.69) is 10.3 Å². The molecule has 0 bridgehead atoms. The molecule has 3 N–H and O–H groups in total. The minimum atomic E-state index is -0.0410. The number of nitrogens with zero attached hydrogens (tertiary/aromatic N) is 1. The molecule has 1 aliphatic carbocycles. The van der Waals surface area contributed by atoms with Crippen LogP contribution in [0.15, 0.2) is 24.5 Å². The van der Waals surface area contributed by atoms with E-state index in [1.165, 1.54) is 19.3 Å². The highest BCUT2D eigenvalue weighted by Crippen LogP contribution is 2.30. The van der Waals surface area contributed by atoms with Crippen LogP contribution in [0.1, 0.15) is 29.6 Å². The van der Waals surface area contributed by atoms with E-state index in [4.69, 9.17) is 5.73 Å². The van der Waals surface area contributed by atoms with Crippen molar-refractivity contribution in [2.24, 2.45) is 17.6 Å². The first-order valence-electron chi connectivity index (χ1n) is 6.19. The zero-order valence-corrected chi connectivity index (χ0v) is 9.93. The molecule has 92 valence electrons. The van der Waals surface area contributed by atoms with Gasteiger partial charge < -0.3 is 11.1 Å². The lowest BCUT2D eigenvalue weighted by molar-refractivity contribution is 0.0944. The molecule has 0 radical (unpaired) electrons. The standard InChI is InChI=1S/C13H19N3O/c14-7-10-3-1-4-11(10)9-16-13(17)12-5-2-6-15-8-12/h2,5-6,8,10-11H,1,3-4,7,9,14H2,(H,16,17). The van der Waals surface area contributed by atoms with E-state index < -0.39 is 0 Å². The molecule has 1 aromatic heterocycles. The summed E-state index contributed by atoms with van der Waals surface area (Å²) < 4.78 is 0. The summed E-state index contributed by atoms with van der Waals surface area (Å²) in [6.45, 7) is 1.46. The highest BCUT2D eigenvalue weighted by atomic mass is 16.1. The number of carbonyl (C=O) groups excluding carboxylic acids is 1. The van der Waals surface area contributed by atoms with Gasteiger partial charge in [0.25, 0.3) is 5.91 Å². The van der Waals surface area contributed by atoms with Gasteiger partial charge in [-0.3, -0.25) is 9.78 Å². The van der Waals surface area contributed by atoms with Crippen molar-refractivity contribution in [1.82, 2.24) is 10.3 Å². The maximum Gasteiger partial charge on any atom is 0.252 e. The van der Waals surface area contributed by atoms with Crippen molar-refractivity contribution in [2.75, 3.05) is 13.1 Å². The number of nitrogens with one attached hydrogen (secondary N) is 1. The molecular weight excluding hydrogens is 214 g/mol. The third kappa shape index (κ3) is 3.03. The fourth-order valence-electron chi connectivity index (χ4n) is 2.52. The maximum atomic E-state index is 11.8. The third-order valence-electron chi connectivity index (χ3n) is 3.57. The molecule has 0 saturated heterocycles. The van der Waals surface area contributed by atoms with Crippen LogP contribution in [-0.2, 0) is 0 Å². The van der Waals surface area contributed by atoms with Crippen molar-refractivity contribution < 1.29 is 4.79 Å². The molecule has 17 heavy (non-hydrogen) atoms. The number of carbonyl (C=O) groups is 1. The number of hydrogen-bond donors (Lipinski definition) is 2. The van der Waals surface area contributed by atoms with Crippen LogP contribution in [0.25, 0.3) is 0 Å². The average molecular weight is 233 g/mol. The average Bonchev–Trinajstić information content (AvgIpc) is 2.84. The van der Waals surface area contributed by atoms with Crippen molar-refractivity contribution in [3.8, 4) is 0 Å². The Morgan fingerprint density at radius 3 is 3.00 bits per heavy atom. The molecular formula is C13H19N3O. The number of rotatable bonds is 4. The molecule has 0 spiro atoms. The molecule has 2 rings (SSSR count). The SMILES string of the molecule is NCC1CCCC1CNC(=O)c1cccnc1. The topological polar surface area (TPSA) is 68.0 Å².